The van der Waals surface area contributed by atoms with Gasteiger partial charge >= 0.3 is 5.97 Å². The van der Waals surface area contributed by atoms with Crippen LogP contribution < -0.4 is 0 Å². The van der Waals surface area contributed by atoms with Crippen LogP contribution in [-0.4, -0.2) is 16.2 Å². The molecule has 3 nitrogen and oxygen atoms in total. The normalized spacial score (nSPS) is 11.4. The molecule has 0 fully saturated rings. The van der Waals surface area contributed by atoms with Gasteiger partial charge in [-0.05, 0) is 26.8 Å². The smallest absolute Gasteiger partial charge is 0.313 e. The number of carboxylic acids is 1. The molecule has 0 aliphatic rings. The SMILES string of the molecule is Cc1ccc(O)c(C(C)(C)C(=O)O)c1. The molecule has 0 bridgehead atoms. The Labute approximate surface area is 83.0 Å². The molecule has 0 aromatic heterocycles. The topological polar surface area (TPSA) is 57.5 Å². The van der Waals surface area contributed by atoms with Crippen molar-refractivity contribution in [2.75, 3.05) is 0 Å². The third kappa shape index (κ3) is 1.71. The summed E-state index contributed by atoms with van der Waals surface area (Å²) < 4.78 is 0. The molecule has 0 aliphatic carbocycles. The lowest BCUT2D eigenvalue weighted by atomic mass is 9.83. The molecule has 14 heavy (non-hydrogen) atoms. The number of hydrogen-bond donors (Lipinski definition) is 2. The summed E-state index contributed by atoms with van der Waals surface area (Å²) in [5.41, 5.74) is 0.327. The van der Waals surface area contributed by atoms with Crippen molar-refractivity contribution >= 4 is 5.97 Å². The van der Waals surface area contributed by atoms with Crippen LogP contribution in [0, 0.1) is 6.92 Å². The van der Waals surface area contributed by atoms with Crippen LogP contribution in [0.15, 0.2) is 18.2 Å². The van der Waals surface area contributed by atoms with Crippen LogP contribution in [0.5, 0.6) is 5.75 Å². The first-order valence-corrected chi connectivity index (χ1v) is 4.39. The van der Waals surface area contributed by atoms with E-state index in [1.807, 2.05) is 6.92 Å². The van der Waals surface area contributed by atoms with Gasteiger partial charge in [-0.1, -0.05) is 17.7 Å². The average molecular weight is 194 g/mol. The molecule has 3 heteroatoms. The van der Waals surface area contributed by atoms with Crippen LogP contribution in [0.4, 0.5) is 0 Å². The summed E-state index contributed by atoms with van der Waals surface area (Å²) in [6.07, 6.45) is 0. The molecule has 0 atom stereocenters. The molecular formula is C11H14O3. The number of aliphatic carboxylic acids is 1. The lowest BCUT2D eigenvalue weighted by Gasteiger charge is -2.21. The van der Waals surface area contributed by atoms with E-state index in [-0.39, 0.29) is 5.75 Å². The monoisotopic (exact) mass is 194 g/mol. The van der Waals surface area contributed by atoms with E-state index in [9.17, 15) is 9.90 Å². The van der Waals surface area contributed by atoms with E-state index in [0.29, 0.717) is 5.56 Å². The Balaban J connectivity index is 3.31. The van der Waals surface area contributed by atoms with Crippen molar-refractivity contribution in [3.63, 3.8) is 0 Å². The van der Waals surface area contributed by atoms with Crippen LogP contribution in [-0.2, 0) is 10.2 Å². The zero-order valence-corrected chi connectivity index (χ0v) is 8.53. The summed E-state index contributed by atoms with van der Waals surface area (Å²) in [6, 6.07) is 4.97. The van der Waals surface area contributed by atoms with Gasteiger partial charge < -0.3 is 10.2 Å². The molecule has 0 radical (unpaired) electrons. The van der Waals surface area contributed by atoms with Gasteiger partial charge in [0.15, 0.2) is 0 Å². The first-order valence-electron chi connectivity index (χ1n) is 4.39. The minimum absolute atomic E-state index is 0.0306. The predicted molar refractivity (Wildman–Crippen MR) is 53.5 cm³/mol. The van der Waals surface area contributed by atoms with E-state index in [2.05, 4.69) is 0 Å². The third-order valence-electron chi connectivity index (χ3n) is 2.36. The number of aromatic hydroxyl groups is 1. The Bertz CT molecular complexity index is 367. The van der Waals surface area contributed by atoms with Crippen LogP contribution in [0.3, 0.4) is 0 Å². The molecule has 0 unspecified atom stereocenters. The largest absolute Gasteiger partial charge is 0.508 e. The molecule has 0 spiro atoms. The maximum absolute atomic E-state index is 11.0. The highest BCUT2D eigenvalue weighted by atomic mass is 16.4. The number of carbonyl (C=O) groups is 1. The van der Waals surface area contributed by atoms with Crippen molar-refractivity contribution in [3.8, 4) is 5.75 Å². The van der Waals surface area contributed by atoms with Gasteiger partial charge in [-0.25, -0.2) is 0 Å². The summed E-state index contributed by atoms with van der Waals surface area (Å²) in [7, 11) is 0. The Morgan fingerprint density at radius 1 is 1.36 bits per heavy atom. The van der Waals surface area contributed by atoms with Crippen LogP contribution in [0.2, 0.25) is 0 Å². The zero-order chi connectivity index (χ0) is 10.9. The summed E-state index contributed by atoms with van der Waals surface area (Å²) in [5.74, 6) is -0.915. The highest BCUT2D eigenvalue weighted by molar-refractivity contribution is 5.81. The number of hydrogen-bond acceptors (Lipinski definition) is 2. The van der Waals surface area contributed by atoms with Crippen molar-refractivity contribution in [3.05, 3.63) is 29.3 Å². The van der Waals surface area contributed by atoms with Crippen molar-refractivity contribution in [1.82, 2.24) is 0 Å². The maximum Gasteiger partial charge on any atom is 0.313 e. The van der Waals surface area contributed by atoms with Crippen LogP contribution >= 0.6 is 0 Å². The fraction of sp³-hybridized carbons (Fsp3) is 0.364. The second-order valence-corrected chi connectivity index (χ2v) is 3.95. The van der Waals surface area contributed by atoms with Crippen molar-refractivity contribution in [1.29, 1.82) is 0 Å². The van der Waals surface area contributed by atoms with E-state index in [1.54, 1.807) is 26.0 Å². The standard InChI is InChI=1S/C11H14O3/c1-7-4-5-9(12)8(6-7)11(2,3)10(13)14/h4-6,12H,1-3H3,(H,13,14). The molecule has 0 amide bonds. The lowest BCUT2D eigenvalue weighted by Crippen LogP contribution is -2.28. The zero-order valence-electron chi connectivity index (χ0n) is 8.53. The van der Waals surface area contributed by atoms with Crippen LogP contribution in [0.25, 0.3) is 0 Å². The summed E-state index contributed by atoms with van der Waals surface area (Å²) >= 11 is 0. The second kappa shape index (κ2) is 3.33. The van der Waals surface area contributed by atoms with E-state index in [0.717, 1.165) is 5.56 Å². The van der Waals surface area contributed by atoms with Gasteiger partial charge in [0.2, 0.25) is 0 Å². The quantitative estimate of drug-likeness (QED) is 0.757. The van der Waals surface area contributed by atoms with Crippen molar-refractivity contribution in [2.45, 2.75) is 26.2 Å². The number of phenols is 1. The highest BCUT2D eigenvalue weighted by Crippen LogP contribution is 2.31. The molecule has 0 heterocycles. The number of carboxylic acid groups (broad SMARTS) is 1. The predicted octanol–water partition coefficient (Wildman–Crippen LogP) is 2.06. The Hall–Kier alpha value is -1.51. The highest BCUT2D eigenvalue weighted by Gasteiger charge is 2.31. The van der Waals surface area contributed by atoms with Gasteiger partial charge in [-0.15, -0.1) is 0 Å². The minimum atomic E-state index is -1.06. The number of benzene rings is 1. The number of phenolic OH excluding ortho intramolecular Hbond substituents is 1. The van der Waals surface area contributed by atoms with Gasteiger partial charge in [0.25, 0.3) is 0 Å². The average Bonchev–Trinajstić information content (AvgIpc) is 2.08. The molecule has 0 saturated heterocycles. The van der Waals surface area contributed by atoms with Crippen molar-refractivity contribution in [2.24, 2.45) is 0 Å². The Kier molecular flexibility index (Phi) is 2.51. The molecule has 1 aromatic rings. The van der Waals surface area contributed by atoms with Gasteiger partial charge in [0.05, 0.1) is 5.41 Å². The minimum Gasteiger partial charge on any atom is -0.508 e. The molecule has 0 saturated carbocycles. The fourth-order valence-corrected chi connectivity index (χ4v) is 1.27. The van der Waals surface area contributed by atoms with Gasteiger partial charge in [0.1, 0.15) is 5.75 Å². The Morgan fingerprint density at radius 3 is 2.43 bits per heavy atom. The molecular weight excluding hydrogens is 180 g/mol. The lowest BCUT2D eigenvalue weighted by molar-refractivity contribution is -0.142. The molecule has 76 valence electrons. The van der Waals surface area contributed by atoms with E-state index in [4.69, 9.17) is 5.11 Å². The third-order valence-corrected chi connectivity index (χ3v) is 2.36. The molecule has 1 aromatic carbocycles. The van der Waals surface area contributed by atoms with E-state index < -0.39 is 11.4 Å². The molecule has 0 aliphatic heterocycles. The van der Waals surface area contributed by atoms with Gasteiger partial charge in [-0.2, -0.15) is 0 Å². The van der Waals surface area contributed by atoms with Crippen LogP contribution in [0.1, 0.15) is 25.0 Å². The summed E-state index contributed by atoms with van der Waals surface area (Å²) in [4.78, 5) is 11.0. The van der Waals surface area contributed by atoms with E-state index >= 15 is 0 Å². The number of aryl methyl sites for hydroxylation is 1. The van der Waals surface area contributed by atoms with Gasteiger partial charge in [0, 0.05) is 5.56 Å². The number of rotatable bonds is 2. The van der Waals surface area contributed by atoms with Crippen molar-refractivity contribution < 1.29 is 15.0 Å². The van der Waals surface area contributed by atoms with Gasteiger partial charge in [-0.3, -0.25) is 4.79 Å². The first-order chi connectivity index (χ1) is 6.35. The fourth-order valence-electron chi connectivity index (χ4n) is 1.27. The molecule has 2 N–H and O–H groups in total. The summed E-state index contributed by atoms with van der Waals surface area (Å²) in [6.45, 7) is 5.01. The summed E-state index contributed by atoms with van der Waals surface area (Å²) in [5, 5.41) is 18.6. The maximum atomic E-state index is 11.0. The Morgan fingerprint density at radius 2 is 1.93 bits per heavy atom. The second-order valence-electron chi connectivity index (χ2n) is 3.95. The first kappa shape index (κ1) is 10.6. The van der Waals surface area contributed by atoms with E-state index in [1.165, 1.54) is 6.07 Å². The molecule has 1 rings (SSSR count).